The number of pyridine rings is 1. The number of H-pyrrole nitrogens is 1. The molecule has 146 valence electrons. The number of nitrogens with one attached hydrogen (secondary N) is 2. The van der Waals surface area contributed by atoms with Gasteiger partial charge in [-0.25, -0.2) is 13.8 Å². The maximum Gasteiger partial charge on any atom is 0.198 e. The Morgan fingerprint density at radius 3 is 2.71 bits per heavy atom. The molecule has 0 fully saturated rings. The largest absolute Gasteiger partial charge is 0.450 e. The zero-order chi connectivity index (χ0) is 19.9. The number of nitrogens with zero attached hydrogens (tertiary/aromatic N) is 2. The number of aliphatic imine (C=N–C) groups is 1. The summed E-state index contributed by atoms with van der Waals surface area (Å²) in [5, 5.41) is 4.14. The Kier molecular flexibility index (Phi) is 4.71. The van der Waals surface area contributed by atoms with E-state index in [-0.39, 0.29) is 11.3 Å². The minimum absolute atomic E-state index is 0.0836. The van der Waals surface area contributed by atoms with Gasteiger partial charge in [-0.1, -0.05) is 11.6 Å². The minimum atomic E-state index is -0.790. The molecule has 0 aliphatic carbocycles. The summed E-state index contributed by atoms with van der Waals surface area (Å²) in [5.41, 5.74) is 0.870. The number of ether oxygens (including phenoxy) is 1. The van der Waals surface area contributed by atoms with Crippen molar-refractivity contribution in [3.05, 3.63) is 52.8 Å². The highest BCUT2D eigenvalue weighted by Crippen LogP contribution is 2.36. The second-order valence-electron chi connectivity index (χ2n) is 7.42. The van der Waals surface area contributed by atoms with Gasteiger partial charge in [0.15, 0.2) is 17.4 Å². The van der Waals surface area contributed by atoms with E-state index in [2.05, 4.69) is 34.1 Å². The molecule has 3 aromatic rings. The Hall–Kier alpha value is -2.67. The molecule has 0 spiro atoms. The SMILES string of the molecule is CC1(C)CCN=C(Cc2cc(F)c(Oc3ccnc4[nH]cc(Cl)c34)c(F)c2)N1. The minimum Gasteiger partial charge on any atom is -0.450 e. The maximum atomic E-state index is 14.6. The van der Waals surface area contributed by atoms with Gasteiger partial charge in [-0.2, -0.15) is 0 Å². The lowest BCUT2D eigenvalue weighted by molar-refractivity contribution is 0.408. The summed E-state index contributed by atoms with van der Waals surface area (Å²) in [6.07, 6.45) is 4.25. The predicted molar refractivity (Wildman–Crippen MR) is 105 cm³/mol. The summed E-state index contributed by atoms with van der Waals surface area (Å²) in [6.45, 7) is 4.83. The second kappa shape index (κ2) is 7.05. The zero-order valence-electron chi connectivity index (χ0n) is 15.4. The molecule has 1 aliphatic heterocycles. The lowest BCUT2D eigenvalue weighted by atomic mass is 9.98. The molecule has 0 amide bonds. The molecule has 5 nitrogen and oxygen atoms in total. The fraction of sp³-hybridized carbons (Fsp3) is 0.300. The molecule has 4 rings (SSSR count). The molecule has 1 aliphatic rings. The van der Waals surface area contributed by atoms with Gasteiger partial charge < -0.3 is 15.0 Å². The number of amidine groups is 1. The van der Waals surface area contributed by atoms with Crippen molar-refractivity contribution in [2.75, 3.05) is 6.54 Å². The highest BCUT2D eigenvalue weighted by molar-refractivity contribution is 6.36. The van der Waals surface area contributed by atoms with E-state index in [1.165, 1.54) is 24.4 Å². The molecule has 2 aromatic heterocycles. The number of halogens is 3. The van der Waals surface area contributed by atoms with Crippen LogP contribution in [0.3, 0.4) is 0 Å². The van der Waals surface area contributed by atoms with Crippen molar-refractivity contribution in [1.29, 1.82) is 0 Å². The average Bonchev–Trinajstić information content (AvgIpc) is 2.99. The standard InChI is InChI=1S/C20H19ClF2N4O/c1-20(2)4-6-24-16(27-20)9-11-7-13(22)18(14(23)8-11)28-15-3-5-25-19-17(15)12(21)10-26-19/h3,5,7-8,10H,4,6,9H2,1-2H3,(H,24,27)(H,25,26). The first-order chi connectivity index (χ1) is 13.3. The zero-order valence-corrected chi connectivity index (χ0v) is 16.2. The van der Waals surface area contributed by atoms with E-state index in [9.17, 15) is 8.78 Å². The van der Waals surface area contributed by atoms with Crippen molar-refractivity contribution in [1.82, 2.24) is 15.3 Å². The third-order valence-corrected chi connectivity index (χ3v) is 4.95. The average molecular weight is 405 g/mol. The van der Waals surface area contributed by atoms with Crippen LogP contribution in [0.25, 0.3) is 11.0 Å². The summed E-state index contributed by atoms with van der Waals surface area (Å²) in [7, 11) is 0. The lowest BCUT2D eigenvalue weighted by Gasteiger charge is -2.31. The van der Waals surface area contributed by atoms with Crippen LogP contribution in [-0.4, -0.2) is 27.9 Å². The fourth-order valence-corrected chi connectivity index (χ4v) is 3.49. The first-order valence-corrected chi connectivity index (χ1v) is 9.29. The second-order valence-corrected chi connectivity index (χ2v) is 7.83. The van der Waals surface area contributed by atoms with Crippen LogP contribution in [0.5, 0.6) is 11.5 Å². The Balaban J connectivity index is 1.61. The molecule has 8 heteroatoms. The number of rotatable bonds is 4. The van der Waals surface area contributed by atoms with Crippen LogP contribution in [0.1, 0.15) is 25.8 Å². The molecule has 1 aromatic carbocycles. The third-order valence-electron chi connectivity index (χ3n) is 4.65. The van der Waals surface area contributed by atoms with Crippen LogP contribution in [0.4, 0.5) is 8.78 Å². The topological polar surface area (TPSA) is 62.3 Å². The van der Waals surface area contributed by atoms with Crippen LogP contribution in [0, 0.1) is 11.6 Å². The molecule has 0 bridgehead atoms. The number of hydrogen-bond donors (Lipinski definition) is 2. The summed E-state index contributed by atoms with van der Waals surface area (Å²) >= 11 is 6.12. The first-order valence-electron chi connectivity index (χ1n) is 8.91. The van der Waals surface area contributed by atoms with Gasteiger partial charge in [0.25, 0.3) is 0 Å². The predicted octanol–water partition coefficient (Wildman–Crippen LogP) is 5.00. The number of fused-ring (bicyclic) bond motifs is 1. The van der Waals surface area contributed by atoms with Crippen LogP contribution >= 0.6 is 11.6 Å². The van der Waals surface area contributed by atoms with Gasteiger partial charge in [-0.15, -0.1) is 0 Å². The molecular weight excluding hydrogens is 386 g/mol. The number of hydrogen-bond acceptors (Lipinski definition) is 4. The Morgan fingerprint density at radius 2 is 2.00 bits per heavy atom. The monoisotopic (exact) mass is 404 g/mol. The van der Waals surface area contributed by atoms with Gasteiger partial charge in [0, 0.05) is 30.9 Å². The van der Waals surface area contributed by atoms with E-state index < -0.39 is 17.4 Å². The Bertz CT molecular complexity index is 1050. The Morgan fingerprint density at radius 1 is 1.25 bits per heavy atom. The quantitative estimate of drug-likeness (QED) is 0.643. The van der Waals surface area contributed by atoms with Crippen molar-refractivity contribution in [3.63, 3.8) is 0 Å². The van der Waals surface area contributed by atoms with Crippen molar-refractivity contribution >= 4 is 28.5 Å². The molecular formula is C20H19ClF2N4O. The smallest absolute Gasteiger partial charge is 0.198 e. The van der Waals surface area contributed by atoms with Gasteiger partial charge in [0.1, 0.15) is 17.2 Å². The van der Waals surface area contributed by atoms with Crippen LogP contribution < -0.4 is 10.1 Å². The summed E-state index contributed by atoms with van der Waals surface area (Å²) in [5.74, 6) is -1.11. The maximum absolute atomic E-state index is 14.6. The van der Waals surface area contributed by atoms with E-state index in [1.807, 2.05) is 0 Å². The molecule has 28 heavy (non-hydrogen) atoms. The molecule has 0 saturated carbocycles. The number of aromatic nitrogens is 2. The number of benzene rings is 1. The summed E-state index contributed by atoms with van der Waals surface area (Å²) < 4.78 is 34.8. The van der Waals surface area contributed by atoms with Gasteiger partial charge in [0.05, 0.1) is 10.4 Å². The van der Waals surface area contributed by atoms with E-state index in [0.29, 0.717) is 34.6 Å². The van der Waals surface area contributed by atoms with Gasteiger partial charge in [-0.05, 0) is 44.0 Å². The molecule has 0 unspecified atom stereocenters. The molecule has 2 N–H and O–H groups in total. The highest BCUT2D eigenvalue weighted by Gasteiger charge is 2.23. The van der Waals surface area contributed by atoms with Crippen LogP contribution in [0.2, 0.25) is 5.02 Å². The van der Waals surface area contributed by atoms with Crippen LogP contribution in [0.15, 0.2) is 35.6 Å². The van der Waals surface area contributed by atoms with Gasteiger partial charge >= 0.3 is 0 Å². The van der Waals surface area contributed by atoms with E-state index in [0.717, 1.165) is 12.3 Å². The highest BCUT2D eigenvalue weighted by atomic mass is 35.5. The first kappa shape index (κ1) is 18.7. The van der Waals surface area contributed by atoms with Gasteiger partial charge in [0.2, 0.25) is 0 Å². The summed E-state index contributed by atoms with van der Waals surface area (Å²) in [6, 6.07) is 4.04. The Labute approximate surface area is 165 Å². The molecule has 3 heterocycles. The normalized spacial score (nSPS) is 16.0. The van der Waals surface area contributed by atoms with Gasteiger partial charge in [-0.3, -0.25) is 4.99 Å². The fourth-order valence-electron chi connectivity index (χ4n) is 3.25. The van der Waals surface area contributed by atoms with E-state index >= 15 is 0 Å². The molecule has 0 saturated heterocycles. The molecule has 0 atom stereocenters. The number of aromatic amines is 1. The summed E-state index contributed by atoms with van der Waals surface area (Å²) in [4.78, 5) is 11.4. The van der Waals surface area contributed by atoms with E-state index in [1.54, 1.807) is 6.20 Å². The van der Waals surface area contributed by atoms with Crippen LogP contribution in [-0.2, 0) is 6.42 Å². The molecule has 0 radical (unpaired) electrons. The van der Waals surface area contributed by atoms with Crippen molar-refractivity contribution in [2.24, 2.45) is 4.99 Å². The van der Waals surface area contributed by atoms with Crippen molar-refractivity contribution in [3.8, 4) is 11.5 Å². The van der Waals surface area contributed by atoms with Crippen molar-refractivity contribution in [2.45, 2.75) is 32.2 Å². The van der Waals surface area contributed by atoms with E-state index in [4.69, 9.17) is 16.3 Å². The lowest BCUT2D eigenvalue weighted by Crippen LogP contribution is -2.47. The third kappa shape index (κ3) is 3.67. The van der Waals surface area contributed by atoms with Crippen molar-refractivity contribution < 1.29 is 13.5 Å².